The van der Waals surface area contributed by atoms with Crippen molar-refractivity contribution in [3.05, 3.63) is 64.7 Å². The van der Waals surface area contributed by atoms with E-state index in [1.54, 1.807) is 7.11 Å². The predicted octanol–water partition coefficient (Wildman–Crippen LogP) is 3.42. The van der Waals surface area contributed by atoms with Crippen LogP contribution in [0.2, 0.25) is 0 Å². The number of rotatable bonds is 9. The van der Waals surface area contributed by atoms with Crippen LogP contribution in [0.15, 0.2) is 47.5 Å². The number of hydrogen-bond acceptors (Lipinski definition) is 3. The minimum absolute atomic E-state index is 0.263. The van der Waals surface area contributed by atoms with Crippen LogP contribution in [0.3, 0.4) is 0 Å². The summed E-state index contributed by atoms with van der Waals surface area (Å²) in [6.45, 7) is 7.91. The fraction of sp³-hybridized carbons (Fsp3) is 0.440. The van der Waals surface area contributed by atoms with Crippen LogP contribution in [0.5, 0.6) is 5.75 Å². The molecule has 0 radical (unpaired) electrons. The monoisotopic (exact) mass is 422 g/mol. The number of likely N-dealkylation sites (tertiary alicyclic amines) is 1. The van der Waals surface area contributed by atoms with Crippen molar-refractivity contribution in [2.24, 2.45) is 4.99 Å². The van der Waals surface area contributed by atoms with Gasteiger partial charge in [-0.25, -0.2) is 4.99 Å². The van der Waals surface area contributed by atoms with Crippen LogP contribution in [-0.4, -0.2) is 43.5 Å². The first-order valence-electron chi connectivity index (χ1n) is 11.1. The van der Waals surface area contributed by atoms with Crippen LogP contribution in [-0.2, 0) is 24.3 Å². The minimum Gasteiger partial charge on any atom is -0.496 e. The van der Waals surface area contributed by atoms with Gasteiger partial charge in [-0.2, -0.15) is 0 Å². The van der Waals surface area contributed by atoms with Crippen LogP contribution in [0.25, 0.3) is 0 Å². The molecule has 1 aliphatic rings. The number of hydrogen-bond donors (Lipinski definition) is 2. The average Bonchev–Trinajstić information content (AvgIpc) is 3.18. The molecule has 0 aliphatic carbocycles. The maximum absolute atomic E-state index is 11.8. The fourth-order valence-corrected chi connectivity index (χ4v) is 3.70. The topological polar surface area (TPSA) is 66.0 Å². The molecule has 0 unspecified atom stereocenters. The van der Waals surface area contributed by atoms with Gasteiger partial charge in [0.25, 0.3) is 0 Å². The van der Waals surface area contributed by atoms with Crippen molar-refractivity contribution < 1.29 is 9.53 Å². The second kappa shape index (κ2) is 11.4. The Morgan fingerprint density at radius 3 is 2.52 bits per heavy atom. The van der Waals surface area contributed by atoms with Crippen LogP contribution in [0, 0.1) is 6.92 Å². The van der Waals surface area contributed by atoms with Crippen molar-refractivity contribution in [1.29, 1.82) is 0 Å². The molecule has 2 aromatic rings. The molecule has 1 heterocycles. The molecule has 0 aromatic heterocycles. The highest BCUT2D eigenvalue weighted by Crippen LogP contribution is 2.19. The van der Waals surface area contributed by atoms with Crippen molar-refractivity contribution >= 4 is 11.9 Å². The van der Waals surface area contributed by atoms with Crippen LogP contribution < -0.4 is 15.4 Å². The normalized spacial score (nSPS) is 14.1. The van der Waals surface area contributed by atoms with Crippen molar-refractivity contribution in [1.82, 2.24) is 15.5 Å². The Bertz CT molecular complexity index is 893. The molecule has 1 fully saturated rings. The fourth-order valence-electron chi connectivity index (χ4n) is 3.70. The molecule has 1 saturated heterocycles. The lowest BCUT2D eigenvalue weighted by molar-refractivity contribution is -0.128. The first-order valence-corrected chi connectivity index (χ1v) is 11.1. The van der Waals surface area contributed by atoms with Gasteiger partial charge in [-0.1, -0.05) is 36.4 Å². The van der Waals surface area contributed by atoms with E-state index in [0.29, 0.717) is 19.5 Å². The van der Waals surface area contributed by atoms with Gasteiger partial charge in [-0.3, -0.25) is 4.79 Å². The zero-order valence-corrected chi connectivity index (χ0v) is 18.9. The summed E-state index contributed by atoms with van der Waals surface area (Å²) < 4.78 is 5.41. The second-order valence-corrected chi connectivity index (χ2v) is 7.91. The molecule has 6 heteroatoms. The lowest BCUT2D eigenvalue weighted by Gasteiger charge is -2.15. The molecule has 0 bridgehead atoms. The van der Waals surface area contributed by atoms with E-state index in [1.165, 1.54) is 11.1 Å². The highest BCUT2D eigenvalue weighted by molar-refractivity contribution is 5.79. The molecular formula is C25H34N4O2. The van der Waals surface area contributed by atoms with Gasteiger partial charge in [0, 0.05) is 32.6 Å². The van der Waals surface area contributed by atoms with E-state index >= 15 is 0 Å². The van der Waals surface area contributed by atoms with E-state index in [2.05, 4.69) is 66.9 Å². The molecule has 0 saturated carbocycles. The molecule has 2 N–H and O–H groups in total. The van der Waals surface area contributed by atoms with E-state index in [9.17, 15) is 4.79 Å². The molecular weight excluding hydrogens is 388 g/mol. The number of benzene rings is 2. The Morgan fingerprint density at radius 1 is 1.10 bits per heavy atom. The molecule has 166 valence electrons. The van der Waals surface area contributed by atoms with Gasteiger partial charge in [0.1, 0.15) is 5.75 Å². The van der Waals surface area contributed by atoms with E-state index < -0.39 is 0 Å². The lowest BCUT2D eigenvalue weighted by atomic mass is 10.1. The maximum atomic E-state index is 11.8. The Labute approximate surface area is 185 Å². The maximum Gasteiger partial charge on any atom is 0.222 e. The number of carbonyl (C=O) groups excluding carboxylic acids is 1. The Balaban J connectivity index is 1.51. The third-order valence-corrected chi connectivity index (χ3v) is 5.51. The molecule has 1 aliphatic heterocycles. The van der Waals surface area contributed by atoms with Crippen LogP contribution in [0.4, 0.5) is 0 Å². The number of ether oxygens (including phenoxy) is 1. The van der Waals surface area contributed by atoms with Crippen molar-refractivity contribution in [3.63, 3.8) is 0 Å². The van der Waals surface area contributed by atoms with Gasteiger partial charge in [-0.05, 0) is 55.0 Å². The Kier molecular flexibility index (Phi) is 8.33. The summed E-state index contributed by atoms with van der Waals surface area (Å²) in [7, 11) is 1.71. The number of aliphatic imine (C=N–C) groups is 1. The summed E-state index contributed by atoms with van der Waals surface area (Å²) >= 11 is 0. The average molecular weight is 423 g/mol. The number of guanidine groups is 1. The summed E-state index contributed by atoms with van der Waals surface area (Å²) in [6.07, 6.45) is 2.55. The first-order chi connectivity index (χ1) is 15.1. The highest BCUT2D eigenvalue weighted by Gasteiger charge is 2.19. The van der Waals surface area contributed by atoms with Gasteiger partial charge in [0.05, 0.1) is 13.7 Å². The molecule has 31 heavy (non-hydrogen) atoms. The van der Waals surface area contributed by atoms with E-state index in [4.69, 9.17) is 9.73 Å². The Morgan fingerprint density at radius 2 is 1.84 bits per heavy atom. The Hall–Kier alpha value is -3.02. The summed E-state index contributed by atoms with van der Waals surface area (Å²) in [5, 5.41) is 6.72. The third kappa shape index (κ3) is 6.74. The molecule has 6 nitrogen and oxygen atoms in total. The summed E-state index contributed by atoms with van der Waals surface area (Å²) in [5.74, 6) is 2.00. The lowest BCUT2D eigenvalue weighted by Crippen LogP contribution is -2.38. The second-order valence-electron chi connectivity index (χ2n) is 7.91. The summed E-state index contributed by atoms with van der Waals surface area (Å²) in [6, 6.07) is 14.7. The molecule has 0 spiro atoms. The largest absolute Gasteiger partial charge is 0.496 e. The number of carbonyl (C=O) groups is 1. The quantitative estimate of drug-likeness (QED) is 0.480. The first kappa shape index (κ1) is 22.7. The van der Waals surface area contributed by atoms with Gasteiger partial charge in [-0.15, -0.1) is 0 Å². The smallest absolute Gasteiger partial charge is 0.222 e. The summed E-state index contributed by atoms with van der Waals surface area (Å²) in [4.78, 5) is 18.4. The summed E-state index contributed by atoms with van der Waals surface area (Å²) in [5.41, 5.74) is 4.70. The number of nitrogens with one attached hydrogen (secondary N) is 2. The van der Waals surface area contributed by atoms with Crippen molar-refractivity contribution in [2.45, 2.75) is 46.2 Å². The number of methoxy groups -OCH3 is 1. The third-order valence-electron chi connectivity index (χ3n) is 5.51. The number of amides is 1. The van der Waals surface area contributed by atoms with Crippen molar-refractivity contribution in [3.8, 4) is 5.75 Å². The van der Waals surface area contributed by atoms with Gasteiger partial charge >= 0.3 is 0 Å². The van der Waals surface area contributed by atoms with Crippen LogP contribution in [0.1, 0.15) is 42.0 Å². The number of aryl methyl sites for hydroxylation is 1. The molecule has 3 rings (SSSR count). The standard InChI is InChI=1S/C25H34N4O2/c1-4-26-25(27-14-13-20-8-7-19(2)23(16-20)31-3)28-17-21-9-11-22(12-10-21)18-29-15-5-6-24(29)30/h7-12,16H,4-6,13-15,17-18H2,1-3H3,(H2,26,27,28). The zero-order chi connectivity index (χ0) is 22.1. The van der Waals surface area contributed by atoms with E-state index in [-0.39, 0.29) is 5.91 Å². The highest BCUT2D eigenvalue weighted by atomic mass is 16.5. The zero-order valence-electron chi connectivity index (χ0n) is 18.9. The van der Waals surface area contributed by atoms with Crippen LogP contribution >= 0.6 is 0 Å². The van der Waals surface area contributed by atoms with Crippen molar-refractivity contribution in [2.75, 3.05) is 26.7 Å². The predicted molar refractivity (Wildman–Crippen MR) is 125 cm³/mol. The van der Waals surface area contributed by atoms with Gasteiger partial charge in [0.2, 0.25) is 5.91 Å². The minimum atomic E-state index is 0.263. The van der Waals surface area contributed by atoms with E-state index in [1.807, 2.05) is 4.90 Å². The SMILES string of the molecule is CCNC(=NCc1ccc(CN2CCCC2=O)cc1)NCCc1ccc(C)c(OC)c1. The van der Waals surface area contributed by atoms with Gasteiger partial charge < -0.3 is 20.3 Å². The molecule has 0 atom stereocenters. The van der Waals surface area contributed by atoms with E-state index in [0.717, 1.165) is 55.3 Å². The van der Waals surface area contributed by atoms with Gasteiger partial charge in [0.15, 0.2) is 5.96 Å². The molecule has 2 aromatic carbocycles. The number of nitrogens with zero attached hydrogens (tertiary/aromatic N) is 2. The molecule has 1 amide bonds.